The van der Waals surface area contributed by atoms with Crippen LogP contribution in [0.1, 0.15) is 60.5 Å². The number of rotatable bonds is 3. The van der Waals surface area contributed by atoms with Crippen molar-refractivity contribution in [3.8, 4) is 11.5 Å². The highest BCUT2D eigenvalue weighted by atomic mass is 16.7. The molecule has 0 bridgehead atoms. The molecule has 5 rings (SSSR count). The first kappa shape index (κ1) is 19.0. The third-order valence-corrected chi connectivity index (χ3v) is 6.65. The van der Waals surface area contributed by atoms with Crippen LogP contribution < -0.4 is 9.47 Å². The molecule has 1 saturated heterocycles. The van der Waals surface area contributed by atoms with Crippen molar-refractivity contribution in [2.75, 3.05) is 13.2 Å². The maximum absolute atomic E-state index is 6.40. The van der Waals surface area contributed by atoms with Crippen LogP contribution in [-0.2, 0) is 15.9 Å². The summed E-state index contributed by atoms with van der Waals surface area (Å²) in [6.45, 7) is 5.79. The largest absolute Gasteiger partial charge is 0.490 e. The molecule has 154 valence electrons. The van der Waals surface area contributed by atoms with E-state index in [9.17, 15) is 0 Å². The molecule has 0 N–H and O–H groups in total. The minimum Gasteiger partial charge on any atom is -0.490 e. The molecule has 1 spiro atoms. The predicted octanol–water partition coefficient (Wildman–Crippen LogP) is 5.43. The summed E-state index contributed by atoms with van der Waals surface area (Å²) < 4.78 is 24.4. The van der Waals surface area contributed by atoms with E-state index in [0.29, 0.717) is 0 Å². The van der Waals surface area contributed by atoms with Crippen LogP contribution in [0.4, 0.5) is 0 Å². The Morgan fingerprint density at radius 1 is 0.931 bits per heavy atom. The molecule has 1 unspecified atom stereocenters. The highest BCUT2D eigenvalue weighted by molar-refractivity contribution is 5.44. The van der Waals surface area contributed by atoms with Gasteiger partial charge in [-0.1, -0.05) is 18.2 Å². The standard InChI is InChI=1S/C25H30O4/c1-17-4-3-5-18(2)24(17)23-8-6-19-16-21(7-9-22(19)29-23)28-20-10-12-25(13-11-20)26-14-15-27-25/h3-5,7,9,16,20,23H,6,8,10-15H2,1-2H3. The van der Waals surface area contributed by atoms with E-state index < -0.39 is 0 Å². The summed E-state index contributed by atoms with van der Waals surface area (Å²) in [6, 6.07) is 12.8. The van der Waals surface area contributed by atoms with Gasteiger partial charge in [-0.2, -0.15) is 0 Å². The van der Waals surface area contributed by atoms with E-state index in [1.54, 1.807) is 0 Å². The van der Waals surface area contributed by atoms with Gasteiger partial charge in [-0.3, -0.25) is 0 Å². The van der Waals surface area contributed by atoms with Crippen molar-refractivity contribution in [1.29, 1.82) is 0 Å². The maximum Gasteiger partial charge on any atom is 0.168 e. The highest BCUT2D eigenvalue weighted by Gasteiger charge is 2.41. The van der Waals surface area contributed by atoms with Crippen molar-refractivity contribution < 1.29 is 18.9 Å². The topological polar surface area (TPSA) is 36.9 Å². The lowest BCUT2D eigenvalue weighted by Gasteiger charge is -2.35. The van der Waals surface area contributed by atoms with Gasteiger partial charge in [-0.15, -0.1) is 0 Å². The molecule has 29 heavy (non-hydrogen) atoms. The Labute approximate surface area is 173 Å². The van der Waals surface area contributed by atoms with Crippen LogP contribution in [0, 0.1) is 13.8 Å². The Hall–Kier alpha value is -2.04. The molecule has 4 heteroatoms. The molecule has 0 aromatic heterocycles. The lowest BCUT2D eigenvalue weighted by molar-refractivity contribution is -0.186. The maximum atomic E-state index is 6.40. The Morgan fingerprint density at radius 3 is 2.38 bits per heavy atom. The van der Waals surface area contributed by atoms with Crippen molar-refractivity contribution >= 4 is 0 Å². The normalized spacial score (nSPS) is 23.6. The molecule has 2 aromatic carbocycles. The number of fused-ring (bicyclic) bond motifs is 1. The van der Waals surface area contributed by atoms with Gasteiger partial charge in [0, 0.05) is 12.8 Å². The van der Waals surface area contributed by atoms with Gasteiger partial charge in [0.05, 0.1) is 19.3 Å². The van der Waals surface area contributed by atoms with Crippen molar-refractivity contribution in [1.82, 2.24) is 0 Å². The van der Waals surface area contributed by atoms with E-state index in [0.717, 1.165) is 63.2 Å². The van der Waals surface area contributed by atoms with Gasteiger partial charge < -0.3 is 18.9 Å². The van der Waals surface area contributed by atoms with E-state index >= 15 is 0 Å². The molecule has 0 amide bonds. The summed E-state index contributed by atoms with van der Waals surface area (Å²) in [5.41, 5.74) is 5.21. The van der Waals surface area contributed by atoms with Crippen LogP contribution in [0.5, 0.6) is 11.5 Å². The fraction of sp³-hybridized carbons (Fsp3) is 0.520. The van der Waals surface area contributed by atoms with E-state index in [4.69, 9.17) is 18.9 Å². The zero-order chi connectivity index (χ0) is 19.8. The molecule has 3 aliphatic rings. The fourth-order valence-corrected chi connectivity index (χ4v) is 5.10. The summed E-state index contributed by atoms with van der Waals surface area (Å²) in [5, 5.41) is 0. The van der Waals surface area contributed by atoms with Crippen LogP contribution in [0.2, 0.25) is 0 Å². The van der Waals surface area contributed by atoms with Gasteiger partial charge in [-0.05, 0) is 80.0 Å². The zero-order valence-corrected chi connectivity index (χ0v) is 17.4. The zero-order valence-electron chi connectivity index (χ0n) is 17.4. The quantitative estimate of drug-likeness (QED) is 0.695. The minimum absolute atomic E-state index is 0.136. The lowest BCUT2D eigenvalue weighted by atomic mass is 9.91. The molecule has 4 nitrogen and oxygen atoms in total. The van der Waals surface area contributed by atoms with Gasteiger partial charge in [0.15, 0.2) is 5.79 Å². The van der Waals surface area contributed by atoms with Crippen molar-refractivity contribution in [2.45, 2.75) is 70.4 Å². The molecule has 2 heterocycles. The second-order valence-electron chi connectivity index (χ2n) is 8.64. The van der Waals surface area contributed by atoms with E-state index in [1.807, 2.05) is 0 Å². The summed E-state index contributed by atoms with van der Waals surface area (Å²) >= 11 is 0. The fourth-order valence-electron chi connectivity index (χ4n) is 5.10. The second kappa shape index (κ2) is 7.66. The molecule has 2 aromatic rings. The third-order valence-electron chi connectivity index (χ3n) is 6.65. The Kier molecular flexibility index (Phi) is 5.00. The van der Waals surface area contributed by atoms with Crippen molar-refractivity contribution in [3.63, 3.8) is 0 Å². The predicted molar refractivity (Wildman–Crippen MR) is 112 cm³/mol. The first-order chi connectivity index (χ1) is 14.1. The van der Waals surface area contributed by atoms with Gasteiger partial charge in [0.2, 0.25) is 0 Å². The van der Waals surface area contributed by atoms with Crippen LogP contribution in [0.25, 0.3) is 0 Å². The molecule has 0 radical (unpaired) electrons. The summed E-state index contributed by atoms with van der Waals surface area (Å²) in [6.07, 6.45) is 6.18. The number of hydrogen-bond acceptors (Lipinski definition) is 4. The Morgan fingerprint density at radius 2 is 1.66 bits per heavy atom. The van der Waals surface area contributed by atoms with Crippen LogP contribution >= 0.6 is 0 Å². The first-order valence-electron chi connectivity index (χ1n) is 10.9. The molecule has 1 aliphatic carbocycles. The Bertz CT molecular complexity index is 854. The van der Waals surface area contributed by atoms with E-state index in [1.165, 1.54) is 22.3 Å². The molecule has 1 saturated carbocycles. The SMILES string of the molecule is Cc1cccc(C)c1C1CCc2cc(OC3CCC4(CC3)OCCO4)ccc2O1. The van der Waals surface area contributed by atoms with E-state index in [-0.39, 0.29) is 18.0 Å². The first-order valence-corrected chi connectivity index (χ1v) is 10.9. The average molecular weight is 395 g/mol. The van der Waals surface area contributed by atoms with Crippen molar-refractivity contribution in [2.24, 2.45) is 0 Å². The molecular weight excluding hydrogens is 364 g/mol. The summed E-state index contributed by atoms with van der Waals surface area (Å²) in [4.78, 5) is 0. The summed E-state index contributed by atoms with van der Waals surface area (Å²) in [5.74, 6) is 1.62. The molecular formula is C25H30O4. The third kappa shape index (κ3) is 3.76. The van der Waals surface area contributed by atoms with E-state index in [2.05, 4.69) is 50.2 Å². The number of hydrogen-bond donors (Lipinski definition) is 0. The molecule has 1 atom stereocenters. The number of aryl methyl sites for hydroxylation is 3. The summed E-state index contributed by atoms with van der Waals surface area (Å²) in [7, 11) is 0. The van der Waals surface area contributed by atoms with Crippen molar-refractivity contribution in [3.05, 3.63) is 58.7 Å². The smallest absolute Gasteiger partial charge is 0.168 e. The highest BCUT2D eigenvalue weighted by Crippen LogP contribution is 2.40. The van der Waals surface area contributed by atoms with Gasteiger partial charge >= 0.3 is 0 Å². The van der Waals surface area contributed by atoms with Crippen LogP contribution in [0.15, 0.2) is 36.4 Å². The van der Waals surface area contributed by atoms with Crippen LogP contribution in [0.3, 0.4) is 0 Å². The lowest BCUT2D eigenvalue weighted by Crippen LogP contribution is -2.38. The van der Waals surface area contributed by atoms with Gasteiger partial charge in [0.1, 0.15) is 17.6 Å². The van der Waals surface area contributed by atoms with Crippen LogP contribution in [-0.4, -0.2) is 25.1 Å². The number of benzene rings is 2. The van der Waals surface area contributed by atoms with Gasteiger partial charge in [-0.25, -0.2) is 0 Å². The van der Waals surface area contributed by atoms with Gasteiger partial charge in [0.25, 0.3) is 0 Å². The average Bonchev–Trinajstić information content (AvgIpc) is 3.18. The molecule has 2 aliphatic heterocycles. The molecule has 2 fully saturated rings. The monoisotopic (exact) mass is 394 g/mol. The second-order valence-corrected chi connectivity index (χ2v) is 8.64. The Balaban J connectivity index is 1.25. The number of ether oxygens (including phenoxy) is 4. The minimum atomic E-state index is -0.327.